The molecule has 0 heterocycles. The SMILES string of the molecule is COCOc1c(OC)cc(OC)cc1PCl.COCOc1c(OC)cccc1PCl.COCOc1c(PCl)cc([Si](C)(C)C)cc1[Si](C)(C)C.COCOc1c(PCl)cccc1[Si](C)(C)C.COCOc1ccc(OC)cc1PCl.COCOc1ccc([Si](C)(C)C)cc1PCl. The fourth-order valence-electron chi connectivity index (χ4n) is 7.92. The van der Waals surface area contributed by atoms with E-state index in [-0.39, 0.29) is 88.4 Å². The average molecular weight is 1640 g/mol. The molecule has 0 amide bonds. The average Bonchev–Trinajstić information content (AvgIpc) is 0.795. The van der Waals surface area contributed by atoms with E-state index < -0.39 is 32.3 Å². The van der Waals surface area contributed by atoms with Gasteiger partial charge >= 0.3 is 0 Å². The minimum Gasteiger partial charge on any atom is -0.497 e. The lowest BCUT2D eigenvalue weighted by molar-refractivity contribution is 0.0498. The summed E-state index contributed by atoms with van der Waals surface area (Å²) in [5.74, 6) is 7.43. The van der Waals surface area contributed by atoms with E-state index in [0.29, 0.717) is 28.7 Å². The highest BCUT2D eigenvalue weighted by Crippen LogP contribution is 2.36. The first-order valence-corrected chi connectivity index (χ1v) is 55.6. The Morgan fingerprint density at radius 1 is 0.271 bits per heavy atom. The van der Waals surface area contributed by atoms with Gasteiger partial charge in [-0.2, -0.15) is 0 Å². The van der Waals surface area contributed by atoms with Crippen LogP contribution < -0.4 is 99.9 Å². The summed E-state index contributed by atoms with van der Waals surface area (Å²) in [5, 5.41) is 11.5. The number of para-hydroxylation sites is 2. The summed E-state index contributed by atoms with van der Waals surface area (Å²) in [6.07, 6.45) is 0. The predicted molar refractivity (Wildman–Crippen MR) is 435 cm³/mol. The van der Waals surface area contributed by atoms with Crippen molar-refractivity contribution in [3.05, 3.63) is 97.1 Å². The van der Waals surface area contributed by atoms with Crippen LogP contribution >= 0.6 is 115 Å². The summed E-state index contributed by atoms with van der Waals surface area (Å²) in [6, 6.07) is 31.8. The summed E-state index contributed by atoms with van der Waals surface area (Å²) >= 11 is 35.6. The second-order valence-electron chi connectivity index (χ2n) is 24.1. The third-order valence-corrected chi connectivity index (χ3v) is 28.1. The van der Waals surface area contributed by atoms with Gasteiger partial charge in [-0.05, 0) is 58.9 Å². The molecule has 6 rings (SSSR count). The first kappa shape index (κ1) is 92.3. The monoisotopic (exact) mass is 1630 g/mol. The van der Waals surface area contributed by atoms with E-state index in [1.54, 1.807) is 77.2 Å². The number of hydrogen-bond acceptors (Lipinski definition) is 16. The van der Waals surface area contributed by atoms with E-state index in [1.165, 1.54) is 20.7 Å². The lowest BCUT2D eigenvalue weighted by atomic mass is 10.3. The number of rotatable bonds is 32. The van der Waals surface area contributed by atoms with Crippen LogP contribution in [0.25, 0.3) is 0 Å². The number of ether oxygens (including phenoxy) is 16. The Bertz CT molecular complexity index is 3120. The zero-order valence-electron chi connectivity index (χ0n) is 59.3. The molecule has 0 fully saturated rings. The highest BCUT2D eigenvalue weighted by atomic mass is 35.7. The van der Waals surface area contributed by atoms with Gasteiger partial charge < -0.3 is 75.8 Å². The number of methoxy groups -OCH3 is 10. The van der Waals surface area contributed by atoms with Crippen LogP contribution in [0.4, 0.5) is 0 Å². The van der Waals surface area contributed by atoms with Crippen molar-refractivity contribution < 1.29 is 75.8 Å². The molecule has 32 heteroatoms. The minimum atomic E-state index is -1.50. The molecule has 0 bridgehead atoms. The topological polar surface area (TPSA) is 148 Å². The fraction of sp³-hybridized carbons (Fsp3) is 0.438. The maximum atomic E-state index is 6.19. The molecular weight excluding hydrogens is 1540 g/mol. The molecule has 0 saturated carbocycles. The summed E-state index contributed by atoms with van der Waals surface area (Å²) < 4.78 is 83.1. The summed E-state index contributed by atoms with van der Waals surface area (Å²) in [5.41, 5.74) is 0. The van der Waals surface area contributed by atoms with Crippen LogP contribution in [-0.4, -0.2) is 144 Å². The van der Waals surface area contributed by atoms with Gasteiger partial charge in [0.15, 0.2) is 63.8 Å². The maximum absolute atomic E-state index is 6.19. The van der Waals surface area contributed by atoms with Crippen LogP contribution in [0.3, 0.4) is 0 Å². The normalized spacial score (nSPS) is 11.8. The van der Waals surface area contributed by atoms with Crippen LogP contribution in [0, 0.1) is 0 Å². The van der Waals surface area contributed by atoms with E-state index in [1.807, 2.05) is 54.6 Å². The van der Waals surface area contributed by atoms with Gasteiger partial charge in [-0.3, -0.25) is 0 Å². The van der Waals surface area contributed by atoms with Crippen LogP contribution in [0.2, 0.25) is 78.6 Å². The molecule has 6 aromatic carbocycles. The third-order valence-electron chi connectivity index (χ3n) is 12.9. The Morgan fingerprint density at radius 2 is 0.625 bits per heavy atom. The van der Waals surface area contributed by atoms with Crippen LogP contribution in [0.5, 0.6) is 57.5 Å². The molecule has 0 aromatic heterocycles. The van der Waals surface area contributed by atoms with Gasteiger partial charge in [0.05, 0.1) is 60.7 Å². The number of hydrogen-bond donors (Lipinski definition) is 0. The molecule has 540 valence electrons. The Hall–Kier alpha value is -1.73. The van der Waals surface area contributed by atoms with Crippen LogP contribution in [0.15, 0.2) is 97.1 Å². The van der Waals surface area contributed by atoms with Gasteiger partial charge in [0.1, 0.15) is 34.5 Å². The summed E-state index contributed by atoms with van der Waals surface area (Å²) in [6.45, 7) is 29.4. The molecule has 0 radical (unpaired) electrons. The Morgan fingerprint density at radius 3 is 1.03 bits per heavy atom. The highest BCUT2D eigenvalue weighted by Gasteiger charge is 2.28. The summed E-state index contributed by atoms with van der Waals surface area (Å²) in [4.78, 5) is 0. The van der Waals surface area contributed by atoms with Crippen LogP contribution in [-0.2, 0) is 28.4 Å². The minimum absolute atomic E-state index is 0.0706. The van der Waals surface area contributed by atoms with Gasteiger partial charge in [0, 0.05) is 128 Å². The Kier molecular flexibility index (Phi) is 47.9. The fourth-order valence-corrected chi connectivity index (χ4v) is 19.3. The first-order chi connectivity index (χ1) is 45.5. The Labute approximate surface area is 615 Å². The van der Waals surface area contributed by atoms with Gasteiger partial charge in [0.2, 0.25) is 0 Å². The predicted octanol–water partition coefficient (Wildman–Crippen LogP) is 15.0. The number of halogens is 6. The molecule has 6 atom stereocenters. The first-order valence-electron chi connectivity index (χ1n) is 29.5. The van der Waals surface area contributed by atoms with Crippen molar-refractivity contribution in [2.24, 2.45) is 0 Å². The molecule has 96 heavy (non-hydrogen) atoms. The van der Waals surface area contributed by atoms with Crippen molar-refractivity contribution >= 4 is 200 Å². The van der Waals surface area contributed by atoms with E-state index in [9.17, 15) is 0 Å². The van der Waals surface area contributed by atoms with E-state index in [0.717, 1.165) is 60.6 Å². The zero-order chi connectivity index (χ0) is 72.7. The molecular formula is C64H100Cl6O16P6Si4. The van der Waals surface area contributed by atoms with Gasteiger partial charge in [-0.1, -0.05) is 199 Å². The second-order valence-corrected chi connectivity index (χ2v) is 52.1. The van der Waals surface area contributed by atoms with Crippen molar-refractivity contribution in [2.45, 2.75) is 78.6 Å². The van der Waals surface area contributed by atoms with E-state index in [2.05, 4.69) is 115 Å². The van der Waals surface area contributed by atoms with Crippen molar-refractivity contribution in [1.29, 1.82) is 0 Å². The molecule has 0 saturated heterocycles. The van der Waals surface area contributed by atoms with Gasteiger partial charge in [-0.25, -0.2) is 0 Å². The molecule has 0 aliphatic heterocycles. The second kappa shape index (κ2) is 49.8. The van der Waals surface area contributed by atoms with Crippen LogP contribution in [0.1, 0.15) is 0 Å². The van der Waals surface area contributed by atoms with Crippen molar-refractivity contribution in [1.82, 2.24) is 0 Å². The van der Waals surface area contributed by atoms with Gasteiger partial charge in [0.25, 0.3) is 0 Å². The molecule has 0 N–H and O–H groups in total. The lowest BCUT2D eigenvalue weighted by Gasteiger charge is -2.27. The van der Waals surface area contributed by atoms with Crippen molar-refractivity contribution in [2.75, 3.05) is 112 Å². The zero-order valence-corrected chi connectivity index (χ0v) is 73.8. The highest BCUT2D eigenvalue weighted by molar-refractivity contribution is 7.76. The molecule has 6 unspecified atom stereocenters. The molecule has 16 nitrogen and oxygen atoms in total. The Balaban J connectivity index is 0.000000578. The van der Waals surface area contributed by atoms with Gasteiger partial charge in [-0.15, -0.1) is 0 Å². The van der Waals surface area contributed by atoms with E-state index >= 15 is 0 Å². The molecule has 0 aliphatic rings. The standard InChI is InChI=1S/C14H26ClO2PSi2.2C11H18ClO2PSi.C10H14ClO4P.2C9H12ClO3P/c1-16-10-17-14-12(18-15)8-11(19(2,3)4)9-13(14)20(5,6)7;1-13-8-14-10-6-5-9(16(2,3)4)7-11(10)15-12;1-13-8-14-11-9(15-12)6-5-7-10(11)16(2,3)4;1-12-6-15-10-8(14-3)4-7(13-2)5-9(10)16-11;1-11-6-13-8-4-3-7(12-2)5-9(8)14-10;1-11-6-13-9-7(12-2)4-3-5-8(9)14-10/h8-9,18H,10H2,1-7H3;2*5-7,15H,8H2,1-4H3;4-5,16H,6H2,1-3H3;2*3-5,14H,6H2,1-2H3. The summed E-state index contributed by atoms with van der Waals surface area (Å²) in [7, 11) is 11.5. The molecule has 6 aromatic rings. The lowest BCUT2D eigenvalue weighted by Crippen LogP contribution is -2.47. The maximum Gasteiger partial charge on any atom is 0.188 e. The molecule has 0 spiro atoms. The van der Waals surface area contributed by atoms with E-state index in [4.69, 9.17) is 143 Å². The third kappa shape index (κ3) is 33.1. The largest absolute Gasteiger partial charge is 0.497 e. The molecule has 0 aliphatic carbocycles. The smallest absolute Gasteiger partial charge is 0.188 e. The van der Waals surface area contributed by atoms with Crippen molar-refractivity contribution in [3.8, 4) is 57.5 Å². The number of benzene rings is 6. The van der Waals surface area contributed by atoms with Crippen molar-refractivity contribution in [3.63, 3.8) is 0 Å². The quantitative estimate of drug-likeness (QED) is 0.0224.